The summed E-state index contributed by atoms with van der Waals surface area (Å²) in [6.07, 6.45) is 2.13. The minimum Gasteiger partial charge on any atom is -0.381 e. The number of ether oxygens (including phenoxy) is 1. The van der Waals surface area contributed by atoms with Gasteiger partial charge < -0.3 is 16.2 Å². The minimum atomic E-state index is 0. The van der Waals surface area contributed by atoms with Crippen molar-refractivity contribution in [1.29, 1.82) is 0 Å². The van der Waals surface area contributed by atoms with Gasteiger partial charge in [-0.1, -0.05) is 0 Å². The van der Waals surface area contributed by atoms with Crippen LogP contribution in [0.2, 0.25) is 0 Å². The zero-order chi connectivity index (χ0) is 6.85. The van der Waals surface area contributed by atoms with Crippen LogP contribution in [0.5, 0.6) is 0 Å². The second-order valence-electron chi connectivity index (χ2n) is 2.66. The summed E-state index contributed by atoms with van der Waals surface area (Å²) in [5.74, 6) is 0. The van der Waals surface area contributed by atoms with Crippen LogP contribution in [0.15, 0.2) is 0 Å². The van der Waals surface area contributed by atoms with E-state index in [-0.39, 0.29) is 24.5 Å². The Labute approximate surface area is 67.5 Å². The van der Waals surface area contributed by atoms with Gasteiger partial charge in [0.2, 0.25) is 0 Å². The molecule has 1 fully saturated rings. The highest BCUT2D eigenvalue weighted by Gasteiger charge is 2.28. The third kappa shape index (κ3) is 2.09. The van der Waals surface area contributed by atoms with E-state index in [1.165, 1.54) is 0 Å². The average Bonchev–Trinajstić information content (AvgIpc) is 2.13. The van der Waals surface area contributed by atoms with Crippen molar-refractivity contribution in [3.05, 3.63) is 0 Å². The maximum absolute atomic E-state index is 5.64. The van der Waals surface area contributed by atoms with Gasteiger partial charge in [-0.2, -0.15) is 0 Å². The van der Waals surface area contributed by atoms with Crippen molar-refractivity contribution in [3.63, 3.8) is 0 Å². The molecule has 1 rings (SSSR count). The van der Waals surface area contributed by atoms with Gasteiger partial charge in [0.25, 0.3) is 0 Å². The molecule has 2 atom stereocenters. The van der Waals surface area contributed by atoms with Gasteiger partial charge in [-0.3, -0.25) is 0 Å². The Morgan fingerprint density at radius 3 is 1.80 bits per heavy atom. The minimum absolute atomic E-state index is 0. The van der Waals surface area contributed by atoms with Crippen LogP contribution < -0.4 is 11.5 Å². The summed E-state index contributed by atoms with van der Waals surface area (Å²) in [5.41, 5.74) is 11.3. The molecule has 0 amide bonds. The van der Waals surface area contributed by atoms with E-state index in [1.54, 1.807) is 7.11 Å². The van der Waals surface area contributed by atoms with E-state index in [0.717, 1.165) is 12.8 Å². The van der Waals surface area contributed by atoms with Gasteiger partial charge >= 0.3 is 0 Å². The highest BCUT2D eigenvalue weighted by Crippen LogP contribution is 2.18. The summed E-state index contributed by atoms with van der Waals surface area (Å²) in [7, 11) is 1.70. The first-order chi connectivity index (χ1) is 4.24. The van der Waals surface area contributed by atoms with Crippen LogP contribution in [0.1, 0.15) is 12.8 Å². The fourth-order valence-electron chi connectivity index (χ4n) is 1.25. The zero-order valence-electron chi connectivity index (χ0n) is 6.12. The van der Waals surface area contributed by atoms with Crippen molar-refractivity contribution in [2.45, 2.75) is 31.0 Å². The molecule has 0 unspecified atom stereocenters. The quantitative estimate of drug-likeness (QED) is 0.571. The maximum Gasteiger partial charge on any atom is 0.0602 e. The first-order valence-electron chi connectivity index (χ1n) is 3.28. The van der Waals surface area contributed by atoms with Crippen molar-refractivity contribution < 1.29 is 4.74 Å². The lowest BCUT2D eigenvalue weighted by molar-refractivity contribution is 0.107. The van der Waals surface area contributed by atoms with Gasteiger partial charge in [0, 0.05) is 19.2 Å². The lowest BCUT2D eigenvalue weighted by atomic mass is 10.2. The molecule has 0 heterocycles. The summed E-state index contributed by atoms with van der Waals surface area (Å²) >= 11 is 0. The van der Waals surface area contributed by atoms with Crippen molar-refractivity contribution in [2.75, 3.05) is 7.11 Å². The van der Waals surface area contributed by atoms with Gasteiger partial charge in [-0.25, -0.2) is 0 Å². The molecule has 3 nitrogen and oxygen atoms in total. The molecule has 0 aromatic carbocycles. The number of rotatable bonds is 1. The lowest BCUT2D eigenvalue weighted by Gasteiger charge is -2.05. The fraction of sp³-hybridized carbons (Fsp3) is 1.00. The number of hydrogen-bond donors (Lipinski definition) is 2. The van der Waals surface area contributed by atoms with E-state index < -0.39 is 0 Å². The topological polar surface area (TPSA) is 61.3 Å². The molecule has 10 heavy (non-hydrogen) atoms. The molecule has 1 aliphatic carbocycles. The van der Waals surface area contributed by atoms with Crippen molar-refractivity contribution in [1.82, 2.24) is 0 Å². The van der Waals surface area contributed by atoms with Gasteiger partial charge in [0.05, 0.1) is 6.10 Å². The Morgan fingerprint density at radius 2 is 1.60 bits per heavy atom. The largest absolute Gasteiger partial charge is 0.381 e. The second kappa shape index (κ2) is 4.13. The van der Waals surface area contributed by atoms with E-state index >= 15 is 0 Å². The van der Waals surface area contributed by atoms with Gasteiger partial charge in [-0.05, 0) is 12.8 Å². The number of methoxy groups -OCH3 is 1. The van der Waals surface area contributed by atoms with Crippen LogP contribution in [-0.4, -0.2) is 25.3 Å². The molecule has 1 saturated carbocycles. The fourth-order valence-corrected chi connectivity index (χ4v) is 1.25. The van der Waals surface area contributed by atoms with Crippen LogP contribution >= 0.6 is 12.4 Å². The maximum atomic E-state index is 5.64. The lowest BCUT2D eigenvalue weighted by Crippen LogP contribution is -2.35. The third-order valence-corrected chi connectivity index (χ3v) is 1.95. The molecular weight excluding hydrogens is 152 g/mol. The normalized spacial score (nSPS) is 33.9. The van der Waals surface area contributed by atoms with Gasteiger partial charge in [0.15, 0.2) is 0 Å². The first-order valence-corrected chi connectivity index (χ1v) is 3.28. The van der Waals surface area contributed by atoms with Crippen molar-refractivity contribution in [3.8, 4) is 0 Å². The first kappa shape index (κ1) is 10.2. The molecule has 4 heteroatoms. The molecule has 1 aliphatic rings. The summed E-state index contributed by atoms with van der Waals surface area (Å²) in [4.78, 5) is 0. The van der Waals surface area contributed by atoms with Crippen molar-refractivity contribution >= 4 is 12.4 Å². The molecule has 0 bridgehead atoms. The van der Waals surface area contributed by atoms with Crippen molar-refractivity contribution in [2.24, 2.45) is 11.5 Å². The Morgan fingerprint density at radius 1 is 1.20 bits per heavy atom. The number of hydrogen-bond acceptors (Lipinski definition) is 3. The predicted octanol–water partition coefficient (Wildman–Crippen LogP) is -0.128. The van der Waals surface area contributed by atoms with Crippen LogP contribution in [-0.2, 0) is 4.74 Å². The molecule has 0 aliphatic heterocycles. The predicted molar refractivity (Wildman–Crippen MR) is 43.2 cm³/mol. The van der Waals surface area contributed by atoms with E-state index in [1.807, 2.05) is 0 Å². The average molecular weight is 167 g/mol. The third-order valence-electron chi connectivity index (χ3n) is 1.95. The van der Waals surface area contributed by atoms with E-state index in [2.05, 4.69) is 0 Å². The Balaban J connectivity index is 0.000000810. The number of halogens is 1. The molecule has 0 radical (unpaired) electrons. The second-order valence-corrected chi connectivity index (χ2v) is 2.66. The molecule has 0 spiro atoms. The van der Waals surface area contributed by atoms with Gasteiger partial charge in [0.1, 0.15) is 0 Å². The molecule has 4 N–H and O–H groups in total. The van der Waals surface area contributed by atoms with Crippen LogP contribution in [0.4, 0.5) is 0 Å². The smallest absolute Gasteiger partial charge is 0.0602 e. The van der Waals surface area contributed by atoms with E-state index in [4.69, 9.17) is 16.2 Å². The summed E-state index contributed by atoms with van der Waals surface area (Å²) in [6, 6.07) is 0.296. The van der Waals surface area contributed by atoms with Crippen LogP contribution in [0.25, 0.3) is 0 Å². The molecule has 0 aromatic heterocycles. The zero-order valence-corrected chi connectivity index (χ0v) is 6.93. The summed E-state index contributed by atoms with van der Waals surface area (Å²) in [6.45, 7) is 0. The SMILES string of the molecule is COC1C[C@@H](N)[C@H](N)C1.Cl. The Hall–Kier alpha value is 0.170. The molecule has 0 saturated heterocycles. The van der Waals surface area contributed by atoms with Crippen LogP contribution in [0.3, 0.4) is 0 Å². The highest BCUT2D eigenvalue weighted by molar-refractivity contribution is 5.85. The standard InChI is InChI=1S/C6H14N2O.ClH/c1-9-4-2-5(7)6(8)3-4;/h4-6H,2-3,7-8H2,1H3;1H/t5-,6-;/m1./s1. The molecule has 62 valence electrons. The Bertz CT molecular complexity index is 91.7. The number of nitrogens with two attached hydrogens (primary N) is 2. The van der Waals surface area contributed by atoms with Crippen LogP contribution in [0, 0.1) is 0 Å². The monoisotopic (exact) mass is 166 g/mol. The highest BCUT2D eigenvalue weighted by atomic mass is 35.5. The molecule has 0 aromatic rings. The Kier molecular flexibility index (Phi) is 4.20. The molecular formula is C6H15ClN2O. The van der Waals surface area contributed by atoms with E-state index in [0.29, 0.717) is 6.10 Å². The van der Waals surface area contributed by atoms with Gasteiger partial charge in [-0.15, -0.1) is 12.4 Å². The van der Waals surface area contributed by atoms with E-state index in [9.17, 15) is 0 Å². The summed E-state index contributed by atoms with van der Waals surface area (Å²) in [5, 5.41) is 0. The summed E-state index contributed by atoms with van der Waals surface area (Å²) < 4.78 is 5.09.